The van der Waals surface area contributed by atoms with E-state index in [1.165, 1.54) is 0 Å². The minimum Gasteiger partial charge on any atom is -0.362 e. The molecule has 0 amide bonds. The van der Waals surface area contributed by atoms with Gasteiger partial charge in [-0.1, -0.05) is 0 Å². The lowest BCUT2D eigenvalue weighted by atomic mass is 10.3. The number of unbranched alkanes of at least 4 members (excludes halogenated alkanes) is 1. The Kier molecular flexibility index (Phi) is 4.92. The van der Waals surface area contributed by atoms with Gasteiger partial charge in [0.25, 0.3) is 0 Å². The van der Waals surface area contributed by atoms with Crippen molar-refractivity contribution in [3.8, 4) is 0 Å². The molecule has 0 aromatic rings. The van der Waals surface area contributed by atoms with Gasteiger partial charge >= 0.3 is 11.4 Å². The van der Waals surface area contributed by atoms with Gasteiger partial charge in [0.15, 0.2) is 0 Å². The average molecular weight is 220 g/mol. The van der Waals surface area contributed by atoms with Crippen LogP contribution in [0.25, 0.3) is 0 Å². The monoisotopic (exact) mass is 220 g/mol. The molecule has 6 heteroatoms. The summed E-state index contributed by atoms with van der Waals surface area (Å²) >= 11 is -2.11. The molecule has 1 rings (SSSR count). The predicted octanol–water partition coefficient (Wildman–Crippen LogP) is 0.596. The lowest BCUT2D eigenvalue weighted by Crippen LogP contribution is -2.23. The van der Waals surface area contributed by atoms with Crippen molar-refractivity contribution in [1.29, 1.82) is 0 Å². The zero-order valence-corrected chi connectivity index (χ0v) is 9.07. The summed E-state index contributed by atoms with van der Waals surface area (Å²) in [5.74, 6) is 0. The van der Waals surface area contributed by atoms with E-state index in [1.54, 1.807) is 0 Å². The molecule has 0 bridgehead atoms. The molecule has 1 N–H and O–H groups in total. The average Bonchev–Trinajstić information content (AvgIpc) is 2.50. The minimum atomic E-state index is -2.11. The Labute approximate surface area is 86.8 Å². The lowest BCUT2D eigenvalue weighted by Gasteiger charge is -2.17. The van der Waals surface area contributed by atoms with E-state index in [2.05, 4.69) is 14.0 Å². The fraction of sp³-hybridized carbons (Fsp3) is 0.750. The number of hydrogen-bond donors (Lipinski definition) is 1. The zero-order valence-electron chi connectivity index (χ0n) is 8.26. The third-order valence-electron chi connectivity index (χ3n) is 1.96. The van der Waals surface area contributed by atoms with Gasteiger partial charge < -0.3 is 9.80 Å². The molecule has 1 unspecified atom stereocenters. The van der Waals surface area contributed by atoms with E-state index in [0.717, 1.165) is 26.1 Å². The molecule has 14 heavy (non-hydrogen) atoms. The normalized spacial score (nSPS) is 17.9. The van der Waals surface area contributed by atoms with Crippen LogP contribution >= 0.6 is 0 Å². The zero-order chi connectivity index (χ0) is 10.4. The first-order chi connectivity index (χ1) is 6.68. The van der Waals surface area contributed by atoms with Gasteiger partial charge in [-0.15, -0.1) is 0 Å². The van der Waals surface area contributed by atoms with E-state index in [1.807, 2.05) is 19.4 Å². The molecule has 0 saturated heterocycles. The highest BCUT2D eigenvalue weighted by Gasteiger charge is 2.06. The molecule has 0 radical (unpaired) electrons. The van der Waals surface area contributed by atoms with Crippen LogP contribution in [0.1, 0.15) is 12.8 Å². The lowest BCUT2D eigenvalue weighted by molar-refractivity contribution is 0.266. The highest BCUT2D eigenvalue weighted by Crippen LogP contribution is 2.05. The van der Waals surface area contributed by atoms with Gasteiger partial charge in [0.05, 0.1) is 13.3 Å². The van der Waals surface area contributed by atoms with Crippen LogP contribution in [0.15, 0.2) is 12.4 Å². The van der Waals surface area contributed by atoms with Crippen LogP contribution in [0.5, 0.6) is 0 Å². The molecule has 1 heterocycles. The summed E-state index contributed by atoms with van der Waals surface area (Å²) in [4.78, 5) is 4.29. The highest BCUT2D eigenvalue weighted by molar-refractivity contribution is 7.74. The van der Waals surface area contributed by atoms with Gasteiger partial charge in [0.1, 0.15) is 0 Å². The molecule has 5 nitrogen and oxygen atoms in total. The minimum absolute atomic E-state index is 0.344. The van der Waals surface area contributed by atoms with Crippen molar-refractivity contribution in [3.05, 3.63) is 12.4 Å². The van der Waals surface area contributed by atoms with Crippen LogP contribution in [0.2, 0.25) is 0 Å². The quantitative estimate of drug-likeness (QED) is 0.524. The topological polar surface area (TPSA) is 53.0 Å². The molecule has 1 aliphatic rings. The fourth-order valence-electron chi connectivity index (χ4n) is 1.28. The third-order valence-corrected chi connectivity index (χ3v) is 2.33. The Morgan fingerprint density at radius 2 is 2.29 bits per heavy atom. The Bertz CT molecular complexity index is 223. The van der Waals surface area contributed by atoms with E-state index < -0.39 is 11.4 Å². The maximum Gasteiger partial charge on any atom is 0.301 e. The summed E-state index contributed by atoms with van der Waals surface area (Å²) in [6.07, 6.45) is 5.85. The van der Waals surface area contributed by atoms with Crippen molar-refractivity contribution >= 4 is 11.4 Å². The van der Waals surface area contributed by atoms with Gasteiger partial charge in [-0.05, 0) is 12.8 Å². The van der Waals surface area contributed by atoms with Crippen molar-refractivity contribution in [1.82, 2.24) is 9.80 Å². The van der Waals surface area contributed by atoms with Crippen LogP contribution in [0.4, 0.5) is 0 Å². The van der Waals surface area contributed by atoms with Crippen LogP contribution in [-0.2, 0) is 15.5 Å². The smallest absolute Gasteiger partial charge is 0.301 e. The molecular weight excluding hydrogens is 204 g/mol. The molecule has 0 fully saturated rings. The summed E-state index contributed by atoms with van der Waals surface area (Å²) in [6, 6.07) is 0. The van der Waals surface area contributed by atoms with Crippen molar-refractivity contribution in [2.45, 2.75) is 12.8 Å². The molecule has 1 atom stereocenters. The summed E-state index contributed by atoms with van der Waals surface area (Å²) in [5, 5.41) is 0. The standard InChI is InChI=1S/C8H16N2O3S/c1-9-5-6-10(8-9)4-2-3-7-13-14(11)12/h5-6H,2-4,7-8H2,1H3,(H,11,12). The van der Waals surface area contributed by atoms with Crippen molar-refractivity contribution in [2.75, 3.05) is 26.9 Å². The number of rotatable bonds is 6. The first-order valence-electron chi connectivity index (χ1n) is 4.55. The molecule has 82 valence electrons. The SMILES string of the molecule is CN1C=CN(CCCCOS(=O)O)C1. The third kappa shape index (κ3) is 4.59. The highest BCUT2D eigenvalue weighted by atomic mass is 32.2. The molecular formula is C8H16N2O3S. The Hall–Kier alpha value is -0.590. The van der Waals surface area contributed by atoms with Gasteiger partial charge in [-0.3, -0.25) is 8.74 Å². The first-order valence-corrected chi connectivity index (χ1v) is 5.58. The fourth-order valence-corrected chi connectivity index (χ4v) is 1.54. The van der Waals surface area contributed by atoms with Crippen molar-refractivity contribution < 1.29 is 12.9 Å². The molecule has 0 aromatic carbocycles. The second-order valence-corrected chi connectivity index (χ2v) is 3.93. The summed E-state index contributed by atoms with van der Waals surface area (Å²) in [6.45, 7) is 2.23. The molecule has 1 aliphatic heterocycles. The second kappa shape index (κ2) is 6.00. The number of nitrogens with zero attached hydrogens (tertiary/aromatic N) is 2. The predicted molar refractivity (Wildman–Crippen MR) is 54.4 cm³/mol. The Morgan fingerprint density at radius 1 is 1.50 bits per heavy atom. The summed E-state index contributed by atoms with van der Waals surface area (Å²) < 4.78 is 23.0. The van der Waals surface area contributed by atoms with E-state index in [-0.39, 0.29) is 0 Å². The van der Waals surface area contributed by atoms with Gasteiger partial charge in [-0.25, -0.2) is 0 Å². The van der Waals surface area contributed by atoms with Crippen molar-refractivity contribution in [2.24, 2.45) is 0 Å². The largest absolute Gasteiger partial charge is 0.362 e. The molecule has 0 spiro atoms. The van der Waals surface area contributed by atoms with Gasteiger partial charge in [0, 0.05) is 26.0 Å². The van der Waals surface area contributed by atoms with E-state index in [9.17, 15) is 4.21 Å². The second-order valence-electron chi connectivity index (χ2n) is 3.26. The molecule has 0 aromatic heterocycles. The van der Waals surface area contributed by atoms with Crippen LogP contribution in [-0.4, -0.2) is 45.4 Å². The van der Waals surface area contributed by atoms with Gasteiger partial charge in [-0.2, -0.15) is 4.21 Å². The Balaban J connectivity index is 1.94. The van der Waals surface area contributed by atoms with E-state index in [4.69, 9.17) is 4.55 Å². The van der Waals surface area contributed by atoms with E-state index in [0.29, 0.717) is 6.61 Å². The van der Waals surface area contributed by atoms with Gasteiger partial charge in [0.2, 0.25) is 0 Å². The summed E-state index contributed by atoms with van der Waals surface area (Å²) in [5.41, 5.74) is 0. The van der Waals surface area contributed by atoms with Crippen LogP contribution < -0.4 is 0 Å². The van der Waals surface area contributed by atoms with Crippen LogP contribution in [0, 0.1) is 0 Å². The first kappa shape index (κ1) is 11.5. The van der Waals surface area contributed by atoms with E-state index >= 15 is 0 Å². The maximum absolute atomic E-state index is 10.1. The summed E-state index contributed by atoms with van der Waals surface area (Å²) in [7, 11) is 2.02. The molecule has 0 aliphatic carbocycles. The maximum atomic E-state index is 10.1. The van der Waals surface area contributed by atoms with Crippen LogP contribution in [0.3, 0.4) is 0 Å². The van der Waals surface area contributed by atoms with Crippen molar-refractivity contribution in [3.63, 3.8) is 0 Å². The Morgan fingerprint density at radius 3 is 2.86 bits per heavy atom. The molecule has 0 saturated carbocycles. The number of hydrogen-bond acceptors (Lipinski definition) is 4.